The van der Waals surface area contributed by atoms with Crippen LogP contribution in [0, 0.1) is 5.82 Å². The van der Waals surface area contributed by atoms with Crippen LogP contribution in [0.25, 0.3) is 0 Å². The van der Waals surface area contributed by atoms with Crippen LogP contribution in [-0.4, -0.2) is 35.2 Å². The first kappa shape index (κ1) is 18.0. The Hall–Kier alpha value is -2.40. The van der Waals surface area contributed by atoms with E-state index in [-0.39, 0.29) is 5.82 Å². The lowest BCUT2D eigenvalue weighted by Gasteiger charge is -2.23. The van der Waals surface area contributed by atoms with Crippen molar-refractivity contribution < 1.29 is 18.8 Å². The summed E-state index contributed by atoms with van der Waals surface area (Å²) in [4.78, 5) is 2.20. The average molecular weight is 369 g/mol. The number of nitrogens with zero attached hydrogens (tertiary/aromatic N) is 2. The molecule has 2 aliphatic rings. The van der Waals surface area contributed by atoms with Gasteiger partial charge in [-0.15, -0.1) is 0 Å². The molecule has 0 aliphatic carbocycles. The summed E-state index contributed by atoms with van der Waals surface area (Å²) in [5.74, 6) is 1.70. The molecule has 0 amide bonds. The number of β-amino-alcohol motifs (C(OH)–C–C–N with tert-alkyl or cyclic N) is 1. The van der Waals surface area contributed by atoms with Gasteiger partial charge in [-0.1, -0.05) is 0 Å². The van der Waals surface area contributed by atoms with Crippen LogP contribution in [0.2, 0.25) is 0 Å². The zero-order valence-corrected chi connectivity index (χ0v) is 15.7. The van der Waals surface area contributed by atoms with Gasteiger partial charge in [0.2, 0.25) is 0 Å². The average Bonchev–Trinajstić information content (AvgIpc) is 2.84. The SMILES string of the molecule is CCOc1ccc(N2C[C@](O)(c3ccc(F)cc3)[N+]3=C2CCCCC3)cc1. The monoisotopic (exact) mass is 369 g/mol. The molecule has 0 aromatic heterocycles. The van der Waals surface area contributed by atoms with Gasteiger partial charge in [-0.3, -0.25) is 0 Å². The molecule has 142 valence electrons. The highest BCUT2D eigenvalue weighted by Gasteiger charge is 2.51. The molecule has 0 saturated carbocycles. The van der Waals surface area contributed by atoms with Gasteiger partial charge in [-0.2, -0.15) is 0 Å². The van der Waals surface area contributed by atoms with E-state index in [1.54, 1.807) is 12.1 Å². The van der Waals surface area contributed by atoms with Crippen LogP contribution < -0.4 is 9.64 Å². The topological polar surface area (TPSA) is 35.7 Å². The zero-order chi connectivity index (χ0) is 18.9. The maximum absolute atomic E-state index is 13.4. The Labute approximate surface area is 159 Å². The second kappa shape index (κ2) is 7.31. The number of amidine groups is 1. The van der Waals surface area contributed by atoms with Gasteiger partial charge >= 0.3 is 0 Å². The first-order chi connectivity index (χ1) is 13.1. The summed E-state index contributed by atoms with van der Waals surface area (Å²) in [5.41, 5.74) is 0.626. The highest BCUT2D eigenvalue weighted by molar-refractivity contribution is 5.96. The van der Waals surface area contributed by atoms with Gasteiger partial charge < -0.3 is 9.84 Å². The van der Waals surface area contributed by atoms with Crippen molar-refractivity contribution >= 4 is 11.5 Å². The van der Waals surface area contributed by atoms with Gasteiger partial charge in [0.15, 0.2) is 6.54 Å². The largest absolute Gasteiger partial charge is 0.494 e. The third-order valence-corrected chi connectivity index (χ3v) is 5.50. The molecule has 0 saturated heterocycles. The molecule has 27 heavy (non-hydrogen) atoms. The van der Waals surface area contributed by atoms with Crippen LogP contribution in [0.4, 0.5) is 10.1 Å². The standard InChI is InChI=1S/C22H26FN2O2/c1-2-27-20-13-11-19(12-14-20)24-16-22(26,17-7-9-18(23)10-8-17)25-15-5-3-4-6-21(24)25/h7-14,26H,2-6,15-16H2,1H3/q+1/t22-/m0/s1. The minimum atomic E-state index is -1.15. The van der Waals surface area contributed by atoms with E-state index >= 15 is 0 Å². The van der Waals surface area contributed by atoms with Crippen molar-refractivity contribution in [2.24, 2.45) is 0 Å². The summed E-state index contributed by atoms with van der Waals surface area (Å²) in [6.45, 7) is 3.84. The minimum absolute atomic E-state index is 0.288. The van der Waals surface area contributed by atoms with Crippen LogP contribution in [0.15, 0.2) is 48.5 Å². The van der Waals surface area contributed by atoms with Gasteiger partial charge in [-0.05, 0) is 74.7 Å². The molecular weight excluding hydrogens is 343 g/mol. The molecule has 2 aliphatic heterocycles. The highest BCUT2D eigenvalue weighted by atomic mass is 19.1. The molecule has 1 N–H and O–H groups in total. The number of hydrogen-bond donors (Lipinski definition) is 1. The van der Waals surface area contributed by atoms with Crippen LogP contribution in [0.1, 0.15) is 38.2 Å². The fraction of sp³-hybridized carbons (Fsp3) is 0.409. The Bertz CT molecular complexity index is 832. The lowest BCUT2D eigenvalue weighted by molar-refractivity contribution is -0.658. The zero-order valence-electron chi connectivity index (χ0n) is 15.7. The van der Waals surface area contributed by atoms with Gasteiger partial charge in [-0.25, -0.2) is 13.9 Å². The second-order valence-corrected chi connectivity index (χ2v) is 7.22. The lowest BCUT2D eigenvalue weighted by Crippen LogP contribution is -2.41. The van der Waals surface area contributed by atoms with E-state index in [0.717, 1.165) is 55.1 Å². The predicted octanol–water partition coefficient (Wildman–Crippen LogP) is 3.87. The van der Waals surface area contributed by atoms with Crippen LogP contribution in [-0.2, 0) is 5.72 Å². The molecule has 0 unspecified atom stereocenters. The van der Waals surface area contributed by atoms with Crippen molar-refractivity contribution in [3.8, 4) is 5.75 Å². The van der Waals surface area contributed by atoms with Crippen LogP contribution in [0.3, 0.4) is 0 Å². The van der Waals surface area contributed by atoms with Gasteiger partial charge in [0.1, 0.15) is 17.3 Å². The van der Waals surface area contributed by atoms with Crippen LogP contribution >= 0.6 is 0 Å². The molecule has 5 heteroatoms. The van der Waals surface area contributed by atoms with Gasteiger partial charge in [0.05, 0.1) is 13.2 Å². The molecule has 4 nitrogen and oxygen atoms in total. The maximum atomic E-state index is 13.4. The fourth-order valence-corrected chi connectivity index (χ4v) is 4.16. The summed E-state index contributed by atoms with van der Waals surface area (Å²) >= 11 is 0. The predicted molar refractivity (Wildman–Crippen MR) is 104 cm³/mol. The highest BCUT2D eigenvalue weighted by Crippen LogP contribution is 2.35. The Morgan fingerprint density at radius 2 is 1.81 bits per heavy atom. The number of anilines is 1. The molecule has 2 heterocycles. The van der Waals surface area contributed by atoms with Gasteiger partial charge in [0.25, 0.3) is 11.6 Å². The molecule has 0 bridgehead atoms. The van der Waals surface area contributed by atoms with Crippen molar-refractivity contribution in [3.05, 3.63) is 59.9 Å². The maximum Gasteiger partial charge on any atom is 0.271 e. The fourth-order valence-electron chi connectivity index (χ4n) is 4.16. The van der Waals surface area contributed by atoms with Crippen molar-refractivity contribution in [2.75, 3.05) is 24.6 Å². The van der Waals surface area contributed by atoms with E-state index in [1.165, 1.54) is 12.1 Å². The van der Waals surface area contributed by atoms with Crippen molar-refractivity contribution in [1.29, 1.82) is 0 Å². The van der Waals surface area contributed by atoms with Crippen molar-refractivity contribution in [2.45, 2.75) is 38.3 Å². The number of ether oxygens (including phenoxy) is 1. The van der Waals surface area contributed by atoms with Crippen molar-refractivity contribution in [1.82, 2.24) is 0 Å². The van der Waals surface area contributed by atoms with Gasteiger partial charge in [0, 0.05) is 12.0 Å². The normalized spacial score (nSPS) is 22.6. The molecular formula is C22H26FN2O2+. The summed E-state index contributed by atoms with van der Waals surface area (Å²) in [6.07, 6.45) is 4.23. The number of benzene rings is 2. The molecule has 1 atom stereocenters. The summed E-state index contributed by atoms with van der Waals surface area (Å²) in [7, 11) is 0. The van der Waals surface area contributed by atoms with E-state index in [2.05, 4.69) is 9.48 Å². The second-order valence-electron chi connectivity index (χ2n) is 7.22. The quantitative estimate of drug-likeness (QED) is 0.831. The van der Waals surface area contributed by atoms with E-state index in [0.29, 0.717) is 13.2 Å². The molecule has 2 aromatic rings. The number of halogens is 1. The first-order valence-corrected chi connectivity index (χ1v) is 9.74. The van der Waals surface area contributed by atoms with Crippen LogP contribution in [0.5, 0.6) is 5.75 Å². The smallest absolute Gasteiger partial charge is 0.271 e. The Morgan fingerprint density at radius 3 is 2.52 bits per heavy atom. The third-order valence-electron chi connectivity index (χ3n) is 5.50. The molecule has 4 rings (SSSR count). The lowest BCUT2D eigenvalue weighted by atomic mass is 10.0. The third kappa shape index (κ3) is 3.32. The number of hydrogen-bond acceptors (Lipinski definition) is 3. The van der Waals surface area contributed by atoms with Crippen molar-refractivity contribution in [3.63, 3.8) is 0 Å². The van der Waals surface area contributed by atoms with E-state index in [1.807, 2.05) is 31.2 Å². The Morgan fingerprint density at radius 1 is 1.07 bits per heavy atom. The number of rotatable bonds is 4. The molecule has 0 fully saturated rings. The molecule has 0 radical (unpaired) electrons. The summed E-state index contributed by atoms with van der Waals surface area (Å²) in [5, 5.41) is 11.7. The van der Waals surface area contributed by atoms with E-state index in [4.69, 9.17) is 4.74 Å². The minimum Gasteiger partial charge on any atom is -0.494 e. The molecule has 2 aromatic carbocycles. The Balaban J connectivity index is 1.73. The Kier molecular flexibility index (Phi) is 4.87. The first-order valence-electron chi connectivity index (χ1n) is 9.74. The molecule has 0 spiro atoms. The number of aliphatic hydroxyl groups is 1. The summed E-state index contributed by atoms with van der Waals surface area (Å²) in [6, 6.07) is 14.2. The summed E-state index contributed by atoms with van der Waals surface area (Å²) < 4.78 is 21.1. The van der Waals surface area contributed by atoms with E-state index in [9.17, 15) is 9.50 Å². The van der Waals surface area contributed by atoms with E-state index < -0.39 is 5.72 Å².